The Kier molecular flexibility index (Phi) is 26.8. The summed E-state index contributed by atoms with van der Waals surface area (Å²) in [5, 5.41) is 24.4. The molecule has 0 bridgehead atoms. The predicted molar refractivity (Wildman–Crippen MR) is 360 cm³/mol. The van der Waals surface area contributed by atoms with Gasteiger partial charge in [0.15, 0.2) is 9.84 Å². The van der Waals surface area contributed by atoms with Gasteiger partial charge in [0.05, 0.1) is 12.9 Å². The zero-order chi connectivity index (χ0) is 70.8. The van der Waals surface area contributed by atoms with Crippen LogP contribution in [0.25, 0.3) is 11.0 Å². The number of benzene rings is 3. The van der Waals surface area contributed by atoms with Crippen molar-refractivity contribution in [1.82, 2.24) is 57.7 Å². The highest BCUT2D eigenvalue weighted by Gasteiger charge is 2.46. The van der Waals surface area contributed by atoms with E-state index < -0.39 is 164 Å². The Labute approximate surface area is 565 Å². The number of nitrogens with one attached hydrogen (secondary N) is 9. The highest BCUT2D eigenvalue weighted by atomic mass is 32.2. The maximum atomic E-state index is 15.0. The van der Waals surface area contributed by atoms with Crippen LogP contribution < -0.4 is 58.2 Å². The fourth-order valence-electron chi connectivity index (χ4n) is 12.1. The summed E-state index contributed by atoms with van der Waals surface area (Å²) >= 11 is 0. The summed E-state index contributed by atoms with van der Waals surface area (Å²) in [5.41, 5.74) is 0.147. The van der Waals surface area contributed by atoms with Crippen LogP contribution in [0.1, 0.15) is 122 Å². The molecule has 97 heavy (non-hydrogen) atoms. The molecule has 3 fully saturated rings. The van der Waals surface area contributed by atoms with Gasteiger partial charge in [-0.15, -0.1) is 0 Å². The number of ether oxygens (including phenoxy) is 1. The highest BCUT2D eigenvalue weighted by molar-refractivity contribution is 7.92. The lowest BCUT2D eigenvalue weighted by Gasteiger charge is -2.35. The third kappa shape index (κ3) is 20.4. The number of rotatable bonds is 20. The Morgan fingerprint density at radius 1 is 0.567 bits per heavy atom. The Hall–Kier alpha value is -9.21. The number of carbonyl (C=O) groups excluding carboxylic acids is 11. The van der Waals surface area contributed by atoms with Crippen LogP contribution in [0.3, 0.4) is 0 Å². The minimum Gasteiger partial charge on any atom is -0.497 e. The molecule has 526 valence electrons. The van der Waals surface area contributed by atoms with Crippen molar-refractivity contribution in [3.8, 4) is 5.75 Å². The molecule has 4 heterocycles. The van der Waals surface area contributed by atoms with Gasteiger partial charge in [-0.3, -0.25) is 52.7 Å². The van der Waals surface area contributed by atoms with E-state index in [4.69, 9.17) is 9.15 Å². The SMILES string of the molecule is CC[C@H](C)[C@@H]1NC(=O)[C@H](C(C)C)NC(=O)[C@H](Cc2ccccc2)NC(=O)[C@H](Cc2ccccc2)NC(=O)[C@@H]2CCCN2C(=O)[C@@H]2CCCN2C(=O)[C@H]([C@@H](C)CC)NC(=O)[C@H](CC(C)C)NC(=O)[C@H](CS(=O)(=O)CC(=O)NCCNC(=O)c2cc3ccc(OC)cc3oc2=O)NC1=O. The highest BCUT2D eigenvalue weighted by Crippen LogP contribution is 2.28. The van der Waals surface area contributed by atoms with E-state index in [9.17, 15) is 61.2 Å². The molecule has 3 aliphatic rings. The van der Waals surface area contributed by atoms with Crippen LogP contribution in [0.4, 0.5) is 0 Å². The van der Waals surface area contributed by atoms with E-state index in [0.29, 0.717) is 41.5 Å². The maximum absolute atomic E-state index is 15.0. The lowest BCUT2D eigenvalue weighted by atomic mass is 9.95. The van der Waals surface area contributed by atoms with Gasteiger partial charge in [-0.25, -0.2) is 13.2 Å². The van der Waals surface area contributed by atoms with Gasteiger partial charge < -0.3 is 66.8 Å². The Bertz CT molecular complexity index is 3680. The van der Waals surface area contributed by atoms with Crippen molar-refractivity contribution in [3.63, 3.8) is 0 Å². The summed E-state index contributed by atoms with van der Waals surface area (Å²) in [6.07, 6.45) is 1.64. The van der Waals surface area contributed by atoms with E-state index in [1.165, 1.54) is 29.0 Å². The molecule has 1 aromatic heterocycles. The second-order valence-electron chi connectivity index (χ2n) is 26.1. The molecule has 0 unspecified atom stereocenters. The van der Waals surface area contributed by atoms with Gasteiger partial charge in [0, 0.05) is 50.5 Å². The molecule has 0 saturated carbocycles. The number of hydrogen-bond donors (Lipinski definition) is 9. The minimum atomic E-state index is -4.73. The summed E-state index contributed by atoms with van der Waals surface area (Å²) in [6.45, 7) is 13.3. The molecule has 9 N–H and O–H groups in total. The van der Waals surface area contributed by atoms with Gasteiger partial charge in [0.1, 0.15) is 77.0 Å². The molecule has 11 amide bonds. The van der Waals surface area contributed by atoms with E-state index in [0.717, 1.165) is 0 Å². The normalized spacial score (nSPS) is 23.7. The molecule has 0 radical (unpaired) electrons. The molecule has 27 nitrogen and oxygen atoms in total. The van der Waals surface area contributed by atoms with E-state index in [-0.39, 0.29) is 81.8 Å². The number of hydrogen-bond acceptors (Lipinski definition) is 16. The summed E-state index contributed by atoms with van der Waals surface area (Å²) in [7, 11) is -3.30. The first kappa shape index (κ1) is 75.2. The monoisotopic (exact) mass is 1360 g/mol. The molecule has 7 rings (SSSR count). The molecule has 11 atom stereocenters. The number of nitrogens with zero attached hydrogens (tertiary/aromatic N) is 2. The third-order valence-corrected chi connectivity index (χ3v) is 19.5. The second kappa shape index (κ2) is 34.6. The van der Waals surface area contributed by atoms with Gasteiger partial charge in [-0.1, -0.05) is 129 Å². The van der Waals surface area contributed by atoms with E-state index in [2.05, 4.69) is 47.9 Å². The molecule has 3 aliphatic heterocycles. The average molecular weight is 1360 g/mol. The lowest BCUT2D eigenvalue weighted by molar-refractivity contribution is -0.149. The van der Waals surface area contributed by atoms with Crippen molar-refractivity contribution in [2.75, 3.05) is 44.8 Å². The Morgan fingerprint density at radius 3 is 1.65 bits per heavy atom. The first-order valence-electron chi connectivity index (χ1n) is 33.3. The van der Waals surface area contributed by atoms with Crippen molar-refractivity contribution in [2.24, 2.45) is 23.7 Å². The third-order valence-electron chi connectivity index (χ3n) is 18.0. The number of carbonyl (C=O) groups is 11. The molecule has 3 aromatic carbocycles. The first-order chi connectivity index (χ1) is 46.1. The number of amides is 11. The largest absolute Gasteiger partial charge is 0.497 e. The fraction of sp³-hybridized carbons (Fsp3) is 0.536. The smallest absolute Gasteiger partial charge is 0.349 e. The fourth-order valence-corrected chi connectivity index (χ4v) is 13.5. The molecule has 3 saturated heterocycles. The van der Waals surface area contributed by atoms with E-state index >= 15 is 4.79 Å². The summed E-state index contributed by atoms with van der Waals surface area (Å²) < 4.78 is 38.9. The number of methoxy groups -OCH3 is 1. The summed E-state index contributed by atoms with van der Waals surface area (Å²) in [6, 6.07) is 11.0. The van der Waals surface area contributed by atoms with Crippen molar-refractivity contribution in [2.45, 2.75) is 168 Å². The van der Waals surface area contributed by atoms with Crippen LogP contribution in [-0.2, 0) is 70.6 Å². The maximum Gasteiger partial charge on any atom is 0.349 e. The van der Waals surface area contributed by atoms with E-state index in [1.54, 1.807) is 128 Å². The van der Waals surface area contributed by atoms with Crippen LogP contribution in [0.5, 0.6) is 5.75 Å². The minimum absolute atomic E-state index is 0.0399. The van der Waals surface area contributed by atoms with Crippen LogP contribution in [0.2, 0.25) is 0 Å². The zero-order valence-corrected chi connectivity index (χ0v) is 57.3. The molecule has 4 aromatic rings. The first-order valence-corrected chi connectivity index (χ1v) is 35.1. The predicted octanol–water partition coefficient (Wildman–Crippen LogP) is 1.73. The van der Waals surface area contributed by atoms with Crippen molar-refractivity contribution in [1.29, 1.82) is 0 Å². The zero-order valence-electron chi connectivity index (χ0n) is 56.5. The molecular weight excluding hydrogens is 1270 g/mol. The van der Waals surface area contributed by atoms with E-state index in [1.807, 2.05) is 0 Å². The summed E-state index contributed by atoms with van der Waals surface area (Å²) in [4.78, 5) is 176. The molecule has 0 spiro atoms. The quantitative estimate of drug-likeness (QED) is 0.0449. The topological polar surface area (TPSA) is 376 Å². The van der Waals surface area contributed by atoms with Gasteiger partial charge >= 0.3 is 5.63 Å². The number of fused-ring (bicyclic) bond motifs is 3. The van der Waals surface area contributed by atoms with Gasteiger partial charge in [-0.2, -0.15) is 0 Å². The van der Waals surface area contributed by atoms with Gasteiger partial charge in [0.25, 0.3) is 5.91 Å². The molecule has 28 heteroatoms. The Balaban J connectivity index is 1.22. The van der Waals surface area contributed by atoms with Gasteiger partial charge in [0.2, 0.25) is 59.1 Å². The number of sulfone groups is 1. The second-order valence-corrected chi connectivity index (χ2v) is 28.2. The lowest BCUT2D eigenvalue weighted by Crippen LogP contribution is -2.63. The van der Waals surface area contributed by atoms with Crippen molar-refractivity contribution < 1.29 is 70.3 Å². The van der Waals surface area contributed by atoms with Crippen LogP contribution >= 0.6 is 0 Å². The van der Waals surface area contributed by atoms with Gasteiger partial charge in [-0.05, 0) is 85.1 Å². The average Bonchev–Trinajstić information content (AvgIpc) is 1.78. The van der Waals surface area contributed by atoms with Crippen molar-refractivity contribution >= 4 is 85.8 Å². The standard InChI is InChI=1S/C69H93N11O16S/c1-10-41(7)57-66(89)75-51(37-97(93,94)38-55(81)70-28-29-71-59(82)47-35-45-26-27-46(95-9)36-54(45)96-69(47)92)63(86)72-48(32-39(3)4)61(84)78-58(42(8)11-2)68(91)80-31-19-25-53(80)67(90)79-30-18-24-52(79)64(87)74-49(33-43-20-14-12-15-21-43)60(83)73-50(34-44-22-16-13-17-23-44)62(85)76-56(40(5)6)65(88)77-57/h12-17,20-23,26-27,35-36,39-42,48-53,56-58H,10-11,18-19,24-25,28-34,37-38H2,1-9H3,(H,70,81)(H,71,82)(H,72,86)(H,73,83)(H,74,87)(H,75,89)(H,76,85)(H,77,88)(H,78,84)/t41-,42-,48-,49-,50-,51-,52-,53-,56-,57-,58-/m0/s1. The molecule has 0 aliphatic carbocycles. The summed E-state index contributed by atoms with van der Waals surface area (Å²) in [5.74, 6) is -13.7. The van der Waals surface area contributed by atoms with Crippen LogP contribution in [0, 0.1) is 23.7 Å². The van der Waals surface area contributed by atoms with Crippen molar-refractivity contribution in [3.05, 3.63) is 112 Å². The van der Waals surface area contributed by atoms with Crippen LogP contribution in [-0.4, -0.2) is 182 Å². The van der Waals surface area contributed by atoms with Crippen LogP contribution in [0.15, 0.2) is 94.1 Å². The Morgan fingerprint density at radius 2 is 1.06 bits per heavy atom. The molecular formula is C69H93N11O16S.